The largest absolute Gasteiger partial charge is 0.271 e. The minimum absolute atomic E-state index is 1.65. The fourth-order valence-electron chi connectivity index (χ4n) is 0. The van der Waals surface area contributed by atoms with E-state index in [4.69, 9.17) is 5.84 Å². The maximum atomic E-state index is 4.72. The summed E-state index contributed by atoms with van der Waals surface area (Å²) in [7, 11) is 0. The molecule has 2 nitrogen and oxygen atoms in total. The SMILES string of the molecule is C[CH]NN. The molecule has 0 aliphatic rings. The highest BCUT2D eigenvalue weighted by molar-refractivity contribution is 4.36. The molecule has 2 heteroatoms. The molecule has 0 aliphatic heterocycles. The number of hydrogen-bond acceptors (Lipinski definition) is 2. The van der Waals surface area contributed by atoms with Crippen LogP contribution in [0, 0.1) is 6.54 Å². The molecule has 1 radical (unpaired) electrons. The van der Waals surface area contributed by atoms with Gasteiger partial charge in [-0.3, -0.25) is 11.3 Å². The van der Waals surface area contributed by atoms with Crippen LogP contribution in [0.3, 0.4) is 0 Å². The molecule has 0 spiro atoms. The van der Waals surface area contributed by atoms with Crippen molar-refractivity contribution in [3.05, 3.63) is 6.54 Å². The molecule has 0 aromatic heterocycles. The lowest BCUT2D eigenvalue weighted by Crippen LogP contribution is -2.15. The molecule has 0 aromatic rings. The van der Waals surface area contributed by atoms with Crippen LogP contribution in [0.25, 0.3) is 0 Å². The number of hydrazine groups is 1. The third-order valence-electron chi connectivity index (χ3n) is 0.167. The van der Waals surface area contributed by atoms with Crippen LogP contribution in [-0.2, 0) is 0 Å². The molecule has 4 heavy (non-hydrogen) atoms. The zero-order chi connectivity index (χ0) is 3.41. The summed E-state index contributed by atoms with van der Waals surface area (Å²) in [4.78, 5) is 0. The second kappa shape index (κ2) is 2.92. The van der Waals surface area contributed by atoms with Gasteiger partial charge in [0.05, 0.1) is 0 Å². The van der Waals surface area contributed by atoms with E-state index in [0.29, 0.717) is 0 Å². The standard InChI is InChI=1S/C2H7N2/c1-2-4-3/h2,4H,3H2,1H3. The van der Waals surface area contributed by atoms with E-state index in [1.54, 1.807) is 6.54 Å². The fourth-order valence-corrected chi connectivity index (χ4v) is 0. The average Bonchev–Trinajstić information content (AvgIpc) is 1.37. The number of rotatable bonds is 1. The van der Waals surface area contributed by atoms with Crippen LogP contribution in [0.2, 0.25) is 0 Å². The molecule has 0 saturated carbocycles. The van der Waals surface area contributed by atoms with E-state index in [-0.39, 0.29) is 0 Å². The van der Waals surface area contributed by atoms with E-state index in [9.17, 15) is 0 Å². The predicted molar refractivity (Wildman–Crippen MR) is 17.3 cm³/mol. The lowest BCUT2D eigenvalue weighted by molar-refractivity contribution is 0.879. The molecule has 0 fully saturated rings. The van der Waals surface area contributed by atoms with Crippen molar-refractivity contribution in [1.29, 1.82) is 0 Å². The summed E-state index contributed by atoms with van der Waals surface area (Å²) < 4.78 is 0. The van der Waals surface area contributed by atoms with Crippen LogP contribution in [0.1, 0.15) is 6.92 Å². The van der Waals surface area contributed by atoms with Crippen LogP contribution >= 0.6 is 0 Å². The van der Waals surface area contributed by atoms with Crippen molar-refractivity contribution in [2.45, 2.75) is 6.92 Å². The van der Waals surface area contributed by atoms with Crippen molar-refractivity contribution in [2.75, 3.05) is 0 Å². The Labute approximate surface area is 26.0 Å². The van der Waals surface area contributed by atoms with E-state index in [0.717, 1.165) is 0 Å². The maximum absolute atomic E-state index is 4.72. The van der Waals surface area contributed by atoms with Crippen LogP contribution in [0.5, 0.6) is 0 Å². The minimum Gasteiger partial charge on any atom is -0.271 e. The van der Waals surface area contributed by atoms with E-state index in [1.807, 2.05) is 6.92 Å². The van der Waals surface area contributed by atoms with Gasteiger partial charge in [0.1, 0.15) is 0 Å². The summed E-state index contributed by atoms with van der Waals surface area (Å²) in [5.74, 6) is 4.72. The summed E-state index contributed by atoms with van der Waals surface area (Å²) in [5, 5.41) is 0. The second-order valence-corrected chi connectivity index (χ2v) is 0.455. The Balaban J connectivity index is 1.97. The first-order valence-corrected chi connectivity index (χ1v) is 1.15. The molecule has 0 aromatic carbocycles. The molecule has 3 N–H and O–H groups in total. The van der Waals surface area contributed by atoms with Crippen LogP contribution in [0.15, 0.2) is 0 Å². The van der Waals surface area contributed by atoms with Gasteiger partial charge in [-0.05, 0) is 6.92 Å². The quantitative estimate of drug-likeness (QED) is 0.319. The van der Waals surface area contributed by atoms with Gasteiger partial charge in [0.2, 0.25) is 0 Å². The van der Waals surface area contributed by atoms with Crippen molar-refractivity contribution in [1.82, 2.24) is 5.43 Å². The monoisotopic (exact) mass is 59.1 g/mol. The van der Waals surface area contributed by atoms with Crippen molar-refractivity contribution < 1.29 is 0 Å². The van der Waals surface area contributed by atoms with Crippen LogP contribution < -0.4 is 11.3 Å². The molecule has 0 heterocycles. The normalized spacial score (nSPS) is 7.50. The topological polar surface area (TPSA) is 38.0 Å². The Hall–Kier alpha value is -0.0800. The number of nitrogens with one attached hydrogen (secondary N) is 1. The Morgan fingerprint density at radius 2 is 2.25 bits per heavy atom. The second-order valence-electron chi connectivity index (χ2n) is 0.455. The van der Waals surface area contributed by atoms with Gasteiger partial charge in [-0.1, -0.05) is 0 Å². The zero-order valence-electron chi connectivity index (χ0n) is 2.65. The Kier molecular flexibility index (Phi) is 2.86. The number of nitrogens with two attached hydrogens (primary N) is 1. The van der Waals surface area contributed by atoms with Gasteiger partial charge in [-0.2, -0.15) is 0 Å². The van der Waals surface area contributed by atoms with Gasteiger partial charge >= 0.3 is 0 Å². The number of hydrogen-bond donors (Lipinski definition) is 2. The highest BCUT2D eigenvalue weighted by Gasteiger charge is 1.51. The van der Waals surface area contributed by atoms with Crippen molar-refractivity contribution in [3.8, 4) is 0 Å². The highest BCUT2D eigenvalue weighted by atomic mass is 15.2. The molecule has 0 bridgehead atoms. The van der Waals surface area contributed by atoms with E-state index >= 15 is 0 Å². The first-order valence-electron chi connectivity index (χ1n) is 1.15. The molecular weight excluding hydrogens is 52.0 g/mol. The van der Waals surface area contributed by atoms with E-state index in [1.165, 1.54) is 0 Å². The molecule has 0 amide bonds. The van der Waals surface area contributed by atoms with Gasteiger partial charge in [-0.25, -0.2) is 0 Å². The van der Waals surface area contributed by atoms with E-state index in [2.05, 4.69) is 5.43 Å². The minimum atomic E-state index is 1.65. The van der Waals surface area contributed by atoms with Crippen LogP contribution in [-0.4, -0.2) is 0 Å². The molecule has 0 aliphatic carbocycles. The molecular formula is C2H7N2. The molecule has 25 valence electrons. The fraction of sp³-hybridized carbons (Fsp3) is 0.500. The van der Waals surface area contributed by atoms with Gasteiger partial charge in [0.15, 0.2) is 0 Å². The molecule has 0 unspecified atom stereocenters. The van der Waals surface area contributed by atoms with Gasteiger partial charge in [-0.15, -0.1) is 0 Å². The maximum Gasteiger partial charge on any atom is 0.0346 e. The first kappa shape index (κ1) is 3.92. The summed E-state index contributed by atoms with van der Waals surface area (Å²) in [5.41, 5.74) is 2.31. The average molecular weight is 59.1 g/mol. The van der Waals surface area contributed by atoms with Gasteiger partial charge < -0.3 is 0 Å². The third kappa shape index (κ3) is 1.92. The third-order valence-corrected chi connectivity index (χ3v) is 0.167. The summed E-state index contributed by atoms with van der Waals surface area (Å²) >= 11 is 0. The Morgan fingerprint density at radius 1 is 2.00 bits per heavy atom. The lowest BCUT2D eigenvalue weighted by atomic mass is 10.8. The summed E-state index contributed by atoms with van der Waals surface area (Å²) in [6, 6.07) is 0. The molecule has 0 rings (SSSR count). The smallest absolute Gasteiger partial charge is 0.0346 e. The van der Waals surface area contributed by atoms with Crippen molar-refractivity contribution >= 4 is 0 Å². The summed E-state index contributed by atoms with van der Waals surface area (Å²) in [6.07, 6.45) is 0. The zero-order valence-corrected chi connectivity index (χ0v) is 2.65. The first-order chi connectivity index (χ1) is 1.91. The van der Waals surface area contributed by atoms with Crippen molar-refractivity contribution in [2.24, 2.45) is 5.84 Å². The highest BCUT2D eigenvalue weighted by Crippen LogP contribution is 1.43. The van der Waals surface area contributed by atoms with Crippen LogP contribution in [0.4, 0.5) is 0 Å². The van der Waals surface area contributed by atoms with Gasteiger partial charge in [0.25, 0.3) is 0 Å². The van der Waals surface area contributed by atoms with Gasteiger partial charge in [0, 0.05) is 6.54 Å². The van der Waals surface area contributed by atoms with Crippen molar-refractivity contribution in [3.63, 3.8) is 0 Å². The Morgan fingerprint density at radius 3 is 2.25 bits per heavy atom. The lowest BCUT2D eigenvalue weighted by Gasteiger charge is -1.76. The van der Waals surface area contributed by atoms with E-state index < -0.39 is 0 Å². The Bertz CT molecular complexity index is 6.00. The summed E-state index contributed by atoms with van der Waals surface area (Å²) in [6.45, 7) is 3.47. The predicted octanol–water partition coefficient (Wildman–Crippen LogP) is -0.369. The molecule has 0 saturated heterocycles. The molecule has 0 atom stereocenters.